The van der Waals surface area contributed by atoms with Crippen LogP contribution in [0.5, 0.6) is 0 Å². The second-order valence-electron chi connectivity index (χ2n) is 7.16. The molecule has 1 aromatic rings. The summed E-state index contributed by atoms with van der Waals surface area (Å²) in [6.07, 6.45) is 9.53. The van der Waals surface area contributed by atoms with Gasteiger partial charge in [-0.3, -0.25) is 0 Å². The zero-order chi connectivity index (χ0) is 15.1. The van der Waals surface area contributed by atoms with Gasteiger partial charge in [-0.2, -0.15) is 0 Å². The molecule has 1 aliphatic rings. The summed E-state index contributed by atoms with van der Waals surface area (Å²) in [6.45, 7) is 8.03. The number of hydrogen-bond acceptors (Lipinski definition) is 1. The molecule has 1 aromatic carbocycles. The number of rotatable bonds is 7. The third kappa shape index (κ3) is 4.10. The lowest BCUT2D eigenvalue weighted by Gasteiger charge is -2.45. The van der Waals surface area contributed by atoms with Gasteiger partial charge in [0.05, 0.1) is 0 Å². The molecule has 1 heteroatoms. The summed E-state index contributed by atoms with van der Waals surface area (Å²) in [5, 5.41) is 3.85. The number of benzene rings is 1. The molecule has 1 nitrogen and oxygen atoms in total. The van der Waals surface area contributed by atoms with Crippen LogP contribution in [0.4, 0.5) is 0 Å². The van der Waals surface area contributed by atoms with E-state index in [0.29, 0.717) is 11.5 Å². The van der Waals surface area contributed by atoms with E-state index in [0.717, 1.165) is 12.5 Å². The second-order valence-corrected chi connectivity index (χ2v) is 7.16. The van der Waals surface area contributed by atoms with Crippen LogP contribution in [-0.2, 0) is 5.41 Å². The van der Waals surface area contributed by atoms with Crippen LogP contribution in [0.1, 0.15) is 71.3 Å². The molecule has 0 aliphatic heterocycles. The van der Waals surface area contributed by atoms with Gasteiger partial charge < -0.3 is 5.32 Å². The van der Waals surface area contributed by atoms with Crippen LogP contribution in [-0.4, -0.2) is 12.6 Å². The Labute approximate surface area is 131 Å². The van der Waals surface area contributed by atoms with Crippen molar-refractivity contribution in [2.24, 2.45) is 5.92 Å². The van der Waals surface area contributed by atoms with E-state index in [-0.39, 0.29) is 0 Å². The molecular formula is C20H33N. The van der Waals surface area contributed by atoms with Crippen molar-refractivity contribution in [3.63, 3.8) is 0 Å². The van der Waals surface area contributed by atoms with Gasteiger partial charge in [0.15, 0.2) is 0 Å². The van der Waals surface area contributed by atoms with Crippen LogP contribution in [0.2, 0.25) is 0 Å². The van der Waals surface area contributed by atoms with Crippen molar-refractivity contribution in [1.82, 2.24) is 5.32 Å². The maximum atomic E-state index is 3.85. The first kappa shape index (κ1) is 16.5. The predicted molar refractivity (Wildman–Crippen MR) is 92.7 cm³/mol. The maximum absolute atomic E-state index is 3.85. The third-order valence-electron chi connectivity index (χ3n) is 5.24. The third-order valence-corrected chi connectivity index (χ3v) is 5.24. The summed E-state index contributed by atoms with van der Waals surface area (Å²) in [5.74, 6) is 0.794. The molecule has 0 radical (unpaired) electrons. The highest BCUT2D eigenvalue weighted by molar-refractivity contribution is 5.28. The molecule has 0 bridgehead atoms. The zero-order valence-corrected chi connectivity index (χ0v) is 14.2. The van der Waals surface area contributed by atoms with Crippen molar-refractivity contribution >= 4 is 0 Å². The highest BCUT2D eigenvalue weighted by Gasteiger charge is 2.40. The van der Waals surface area contributed by atoms with Gasteiger partial charge in [0.1, 0.15) is 0 Å². The lowest BCUT2D eigenvalue weighted by atomic mass is 9.63. The molecule has 1 fully saturated rings. The molecule has 0 aromatic heterocycles. The Morgan fingerprint density at radius 2 is 1.67 bits per heavy atom. The summed E-state index contributed by atoms with van der Waals surface area (Å²) in [6, 6.07) is 12.0. The van der Waals surface area contributed by atoms with Crippen LogP contribution < -0.4 is 5.32 Å². The molecule has 0 spiro atoms. The molecule has 1 saturated carbocycles. The highest BCUT2D eigenvalue weighted by Crippen LogP contribution is 2.43. The Bertz CT molecular complexity index is 390. The molecule has 118 valence electrons. The summed E-state index contributed by atoms with van der Waals surface area (Å²) in [4.78, 5) is 0. The van der Waals surface area contributed by atoms with E-state index >= 15 is 0 Å². The first-order valence-corrected chi connectivity index (χ1v) is 8.98. The first-order chi connectivity index (χ1) is 10.2. The van der Waals surface area contributed by atoms with Crippen molar-refractivity contribution in [3.05, 3.63) is 35.9 Å². The van der Waals surface area contributed by atoms with Crippen LogP contribution in [0.3, 0.4) is 0 Å². The smallest absolute Gasteiger partial charge is 0.0164 e. The SMILES string of the molecule is CCNC(CCC(C)C)C1(c2ccccc2)CCCCC1. The van der Waals surface area contributed by atoms with Gasteiger partial charge in [-0.15, -0.1) is 0 Å². The molecule has 0 amide bonds. The molecule has 2 rings (SSSR count). The molecule has 1 atom stereocenters. The maximum Gasteiger partial charge on any atom is 0.0164 e. The summed E-state index contributed by atoms with van der Waals surface area (Å²) < 4.78 is 0. The Hall–Kier alpha value is -0.820. The van der Waals surface area contributed by atoms with Crippen molar-refractivity contribution in [1.29, 1.82) is 0 Å². The van der Waals surface area contributed by atoms with Gasteiger partial charge in [0, 0.05) is 11.5 Å². The summed E-state index contributed by atoms with van der Waals surface area (Å²) in [5.41, 5.74) is 1.93. The van der Waals surface area contributed by atoms with E-state index in [4.69, 9.17) is 0 Å². The molecular weight excluding hydrogens is 254 g/mol. The molecule has 0 saturated heterocycles. The van der Waals surface area contributed by atoms with Crippen LogP contribution >= 0.6 is 0 Å². The largest absolute Gasteiger partial charge is 0.313 e. The minimum atomic E-state index is 0.365. The van der Waals surface area contributed by atoms with Crippen molar-refractivity contribution in [3.8, 4) is 0 Å². The topological polar surface area (TPSA) is 12.0 Å². The Morgan fingerprint density at radius 1 is 1.00 bits per heavy atom. The van der Waals surface area contributed by atoms with Gasteiger partial charge in [-0.1, -0.05) is 70.4 Å². The minimum absolute atomic E-state index is 0.365. The Morgan fingerprint density at radius 3 is 2.24 bits per heavy atom. The highest BCUT2D eigenvalue weighted by atomic mass is 14.9. The normalized spacial score (nSPS) is 19.6. The average molecular weight is 287 g/mol. The van der Waals surface area contributed by atoms with E-state index in [1.54, 1.807) is 5.56 Å². The van der Waals surface area contributed by atoms with E-state index in [2.05, 4.69) is 56.4 Å². The van der Waals surface area contributed by atoms with E-state index in [1.807, 2.05) is 0 Å². The monoisotopic (exact) mass is 287 g/mol. The zero-order valence-electron chi connectivity index (χ0n) is 14.2. The fourth-order valence-electron chi connectivity index (χ4n) is 4.11. The molecule has 1 aliphatic carbocycles. The van der Waals surface area contributed by atoms with E-state index < -0.39 is 0 Å². The summed E-state index contributed by atoms with van der Waals surface area (Å²) >= 11 is 0. The van der Waals surface area contributed by atoms with Crippen molar-refractivity contribution < 1.29 is 0 Å². The number of nitrogens with one attached hydrogen (secondary N) is 1. The van der Waals surface area contributed by atoms with Gasteiger partial charge >= 0.3 is 0 Å². The van der Waals surface area contributed by atoms with E-state index in [1.165, 1.54) is 44.9 Å². The van der Waals surface area contributed by atoms with Gasteiger partial charge in [0.2, 0.25) is 0 Å². The average Bonchev–Trinajstić information content (AvgIpc) is 2.53. The summed E-state index contributed by atoms with van der Waals surface area (Å²) in [7, 11) is 0. The lowest BCUT2D eigenvalue weighted by Crippen LogP contribution is -2.49. The van der Waals surface area contributed by atoms with Crippen molar-refractivity contribution in [2.45, 2.75) is 77.2 Å². The van der Waals surface area contributed by atoms with Crippen molar-refractivity contribution in [2.75, 3.05) is 6.54 Å². The Kier molecular flexibility index (Phi) is 6.29. The quantitative estimate of drug-likeness (QED) is 0.717. The van der Waals surface area contributed by atoms with Gasteiger partial charge in [0.25, 0.3) is 0 Å². The fraction of sp³-hybridized carbons (Fsp3) is 0.700. The minimum Gasteiger partial charge on any atom is -0.313 e. The number of hydrogen-bond donors (Lipinski definition) is 1. The second kappa shape index (κ2) is 7.98. The van der Waals surface area contributed by atoms with Gasteiger partial charge in [-0.25, -0.2) is 0 Å². The first-order valence-electron chi connectivity index (χ1n) is 8.98. The predicted octanol–water partition coefficient (Wildman–Crippen LogP) is 5.30. The molecule has 21 heavy (non-hydrogen) atoms. The Balaban J connectivity index is 2.27. The van der Waals surface area contributed by atoms with E-state index in [9.17, 15) is 0 Å². The molecule has 0 heterocycles. The number of likely N-dealkylation sites (N-methyl/N-ethyl adjacent to an activating group) is 1. The van der Waals surface area contributed by atoms with Crippen LogP contribution in [0.15, 0.2) is 30.3 Å². The van der Waals surface area contributed by atoms with Crippen LogP contribution in [0.25, 0.3) is 0 Å². The standard InChI is InChI=1S/C20H33N/c1-4-21-19(14-13-17(2)3)20(15-9-6-10-16-20)18-11-7-5-8-12-18/h5,7-8,11-12,17,19,21H,4,6,9-10,13-16H2,1-3H3. The fourth-order valence-corrected chi connectivity index (χ4v) is 4.11. The molecule has 1 unspecified atom stereocenters. The van der Waals surface area contributed by atoms with Gasteiger partial charge in [-0.05, 0) is 43.7 Å². The molecule has 1 N–H and O–H groups in total. The van der Waals surface area contributed by atoms with Crippen LogP contribution in [0, 0.1) is 5.92 Å². The lowest BCUT2D eigenvalue weighted by molar-refractivity contribution is 0.198.